The average Bonchev–Trinajstić information content (AvgIpc) is 3.45. The van der Waals surface area contributed by atoms with E-state index in [4.69, 9.17) is 36.3 Å². The smallest absolute Gasteiger partial charge is 0.415 e. The van der Waals surface area contributed by atoms with Gasteiger partial charge in [-0.3, -0.25) is 4.79 Å². The van der Waals surface area contributed by atoms with Crippen molar-refractivity contribution in [2.24, 2.45) is 0 Å². The Morgan fingerprint density at radius 2 is 1.67 bits per heavy atom. The van der Waals surface area contributed by atoms with Gasteiger partial charge in [-0.2, -0.15) is 0 Å². The minimum atomic E-state index is -0.555. The first-order valence-electron chi connectivity index (χ1n) is 15.5. The van der Waals surface area contributed by atoms with Gasteiger partial charge in [-0.25, -0.2) is 9.59 Å². The van der Waals surface area contributed by atoms with Gasteiger partial charge in [0, 0.05) is 74.5 Å². The molecule has 1 atom stereocenters. The first-order chi connectivity index (χ1) is 22.2. The number of alkyl halides is 1. The van der Waals surface area contributed by atoms with Crippen LogP contribution in [0.3, 0.4) is 0 Å². The molecule has 3 aromatic rings. The molecule has 2 aliphatic rings. The predicted molar refractivity (Wildman–Crippen MR) is 178 cm³/mol. The lowest BCUT2D eigenvalue weighted by atomic mass is 9.95. The maximum atomic E-state index is 13.6. The zero-order chi connectivity index (χ0) is 32.8. The molecule has 5 rings (SSSR count). The summed E-state index contributed by atoms with van der Waals surface area (Å²) >= 11 is 6.43. The van der Waals surface area contributed by atoms with Gasteiger partial charge < -0.3 is 39.4 Å². The van der Waals surface area contributed by atoms with Crippen molar-refractivity contribution < 1.29 is 33.3 Å². The molecule has 0 radical (unpaired) electrons. The van der Waals surface area contributed by atoms with Gasteiger partial charge in [-0.05, 0) is 37.3 Å². The third-order valence-electron chi connectivity index (χ3n) is 8.61. The first-order valence-corrected chi connectivity index (χ1v) is 16.0. The van der Waals surface area contributed by atoms with Gasteiger partial charge >= 0.3 is 12.1 Å². The fraction of sp³-hybridized carbons (Fsp3) is 0.441. The SMILES string of the molecule is COC(=O)c1cc(OC)c(OCCCCCC(=O)N2CC(CCl)c3c2cc(OC(=O)N2CCN(C)CC2)c2ccccc32)cc1N. The van der Waals surface area contributed by atoms with Gasteiger partial charge in [0.2, 0.25) is 5.91 Å². The first kappa shape index (κ1) is 33.2. The number of anilines is 2. The molecule has 0 aromatic heterocycles. The van der Waals surface area contributed by atoms with Crippen LogP contribution in [0.5, 0.6) is 17.2 Å². The van der Waals surface area contributed by atoms with Crippen LogP contribution < -0.4 is 24.8 Å². The van der Waals surface area contributed by atoms with E-state index in [2.05, 4.69) is 4.90 Å². The number of methoxy groups -OCH3 is 2. The van der Waals surface area contributed by atoms with Crippen molar-refractivity contribution in [3.05, 3.63) is 53.6 Å². The Morgan fingerprint density at radius 3 is 2.37 bits per heavy atom. The molecule has 2 aliphatic heterocycles. The summed E-state index contributed by atoms with van der Waals surface area (Å²) in [7, 11) is 4.81. The molecule has 1 unspecified atom stereocenters. The summed E-state index contributed by atoms with van der Waals surface area (Å²) in [6.07, 6.45) is 2.09. The number of esters is 1. The summed E-state index contributed by atoms with van der Waals surface area (Å²) in [6.45, 7) is 3.65. The molecule has 0 aliphatic carbocycles. The number of unbranched alkanes of at least 4 members (excludes halogenated alkanes) is 2. The molecular weight excluding hydrogens is 612 g/mol. The summed E-state index contributed by atoms with van der Waals surface area (Å²) in [5.41, 5.74) is 8.21. The van der Waals surface area contributed by atoms with Crippen LogP contribution in [-0.4, -0.2) is 94.2 Å². The van der Waals surface area contributed by atoms with E-state index in [-0.39, 0.29) is 29.2 Å². The number of rotatable bonds is 11. The Morgan fingerprint density at radius 1 is 0.935 bits per heavy atom. The van der Waals surface area contributed by atoms with Gasteiger partial charge in [-0.15, -0.1) is 11.6 Å². The summed E-state index contributed by atoms with van der Waals surface area (Å²) in [4.78, 5) is 44.3. The van der Waals surface area contributed by atoms with E-state index in [1.807, 2.05) is 37.4 Å². The molecule has 0 spiro atoms. The monoisotopic (exact) mass is 652 g/mol. The molecule has 2 heterocycles. The van der Waals surface area contributed by atoms with Crippen molar-refractivity contribution in [3.63, 3.8) is 0 Å². The van der Waals surface area contributed by atoms with Crippen LogP contribution >= 0.6 is 11.6 Å². The van der Waals surface area contributed by atoms with Crippen LogP contribution in [0.4, 0.5) is 16.2 Å². The predicted octanol–water partition coefficient (Wildman–Crippen LogP) is 5.27. The number of nitrogens with zero attached hydrogens (tertiary/aromatic N) is 3. The van der Waals surface area contributed by atoms with Crippen LogP contribution in [0.2, 0.25) is 0 Å². The number of halogens is 1. The van der Waals surface area contributed by atoms with Crippen molar-refractivity contribution in [2.75, 3.05) is 77.1 Å². The molecule has 2 amide bonds. The highest BCUT2D eigenvalue weighted by Crippen LogP contribution is 2.46. The zero-order valence-corrected chi connectivity index (χ0v) is 27.3. The number of benzene rings is 3. The zero-order valence-electron chi connectivity index (χ0n) is 26.6. The fourth-order valence-electron chi connectivity index (χ4n) is 6.01. The van der Waals surface area contributed by atoms with Crippen molar-refractivity contribution in [2.45, 2.75) is 31.6 Å². The summed E-state index contributed by atoms with van der Waals surface area (Å²) in [6, 6.07) is 12.7. The van der Waals surface area contributed by atoms with Crippen LogP contribution in [0, 0.1) is 0 Å². The van der Waals surface area contributed by atoms with E-state index in [1.54, 1.807) is 15.9 Å². The second-order valence-electron chi connectivity index (χ2n) is 11.6. The maximum absolute atomic E-state index is 13.6. The van der Waals surface area contributed by atoms with E-state index in [0.29, 0.717) is 68.6 Å². The summed E-state index contributed by atoms with van der Waals surface area (Å²) < 4.78 is 22.0. The Bertz CT molecular complexity index is 1590. The highest BCUT2D eigenvalue weighted by atomic mass is 35.5. The summed E-state index contributed by atoms with van der Waals surface area (Å²) in [5.74, 6) is 1.03. The topological polar surface area (TPSA) is 124 Å². The number of amides is 2. The molecule has 0 bridgehead atoms. The van der Waals surface area contributed by atoms with Crippen LogP contribution in [0.1, 0.15) is 47.5 Å². The van der Waals surface area contributed by atoms with Crippen LogP contribution in [0.15, 0.2) is 42.5 Å². The van der Waals surface area contributed by atoms with E-state index >= 15 is 0 Å². The highest BCUT2D eigenvalue weighted by Gasteiger charge is 2.35. The molecule has 12 heteroatoms. The number of nitrogens with two attached hydrogens (primary N) is 1. The van der Waals surface area contributed by atoms with E-state index in [9.17, 15) is 14.4 Å². The van der Waals surface area contributed by atoms with Crippen LogP contribution in [-0.2, 0) is 9.53 Å². The van der Waals surface area contributed by atoms with Gasteiger partial charge in [-0.1, -0.05) is 24.3 Å². The molecule has 1 fully saturated rings. The Kier molecular flexibility index (Phi) is 10.7. The van der Waals surface area contributed by atoms with Crippen molar-refractivity contribution >= 4 is 51.7 Å². The maximum Gasteiger partial charge on any atom is 0.415 e. The van der Waals surface area contributed by atoms with E-state index < -0.39 is 5.97 Å². The number of piperazine rings is 1. The standard InChI is InChI=1S/C34H41ClN4O7/c1-37-12-14-38(15-13-37)34(42)46-28-19-27-32(24-10-7-6-9-23(24)28)22(20-35)21-39(27)31(40)11-5-4-8-16-45-30-18-26(36)25(33(41)44-3)17-29(30)43-2/h6-7,9-10,17-19,22H,4-5,8,11-16,20-21,36H2,1-3H3. The molecule has 3 aromatic carbocycles. The number of likely N-dealkylation sites (N-methyl/N-ethyl adjacent to an activating group) is 1. The van der Waals surface area contributed by atoms with Crippen molar-refractivity contribution in [1.29, 1.82) is 0 Å². The Hall–Kier alpha value is -4.22. The second kappa shape index (κ2) is 14.9. The molecule has 1 saturated heterocycles. The average molecular weight is 653 g/mol. The van der Waals surface area contributed by atoms with Gasteiger partial charge in [0.05, 0.1) is 37.8 Å². The third-order valence-corrected chi connectivity index (χ3v) is 8.98. The number of carbonyl (C=O) groups excluding carboxylic acids is 3. The number of hydrogen-bond donors (Lipinski definition) is 1. The van der Waals surface area contributed by atoms with Gasteiger partial charge in [0.15, 0.2) is 11.5 Å². The molecule has 246 valence electrons. The molecule has 46 heavy (non-hydrogen) atoms. The van der Waals surface area contributed by atoms with Gasteiger partial charge in [0.1, 0.15) is 5.75 Å². The number of hydrogen-bond acceptors (Lipinski definition) is 9. The number of ether oxygens (including phenoxy) is 4. The van der Waals surface area contributed by atoms with Gasteiger partial charge in [0.25, 0.3) is 0 Å². The van der Waals surface area contributed by atoms with Crippen molar-refractivity contribution in [1.82, 2.24) is 9.80 Å². The number of carbonyl (C=O) groups is 3. The Balaban J connectivity index is 1.22. The lowest BCUT2D eigenvalue weighted by Gasteiger charge is -2.31. The molecule has 0 saturated carbocycles. The van der Waals surface area contributed by atoms with Crippen molar-refractivity contribution in [3.8, 4) is 17.2 Å². The molecular formula is C34H41ClN4O7. The quantitative estimate of drug-likeness (QED) is 0.128. The molecule has 11 nitrogen and oxygen atoms in total. The highest BCUT2D eigenvalue weighted by molar-refractivity contribution is 6.19. The Labute approximate surface area is 274 Å². The lowest BCUT2D eigenvalue weighted by molar-refractivity contribution is -0.118. The summed E-state index contributed by atoms with van der Waals surface area (Å²) in [5, 5.41) is 1.77. The normalized spacial score (nSPS) is 16.3. The van der Waals surface area contributed by atoms with E-state index in [0.717, 1.165) is 41.5 Å². The number of nitrogen functional groups attached to an aromatic ring is 1. The minimum absolute atomic E-state index is 0.00532. The van der Waals surface area contributed by atoms with E-state index in [1.165, 1.54) is 20.3 Å². The largest absolute Gasteiger partial charge is 0.493 e. The second-order valence-corrected chi connectivity index (χ2v) is 11.9. The fourth-order valence-corrected chi connectivity index (χ4v) is 6.27. The third kappa shape index (κ3) is 7.10. The van der Waals surface area contributed by atoms with Crippen LogP contribution in [0.25, 0.3) is 10.8 Å². The minimum Gasteiger partial charge on any atom is -0.493 e. The number of fused-ring (bicyclic) bond motifs is 3. The molecule has 2 N–H and O–H groups in total. The lowest BCUT2D eigenvalue weighted by Crippen LogP contribution is -2.48.